The van der Waals surface area contributed by atoms with E-state index < -0.39 is 46.0 Å². The summed E-state index contributed by atoms with van der Waals surface area (Å²) in [5, 5.41) is 5.83. The van der Waals surface area contributed by atoms with Gasteiger partial charge in [-0.05, 0) is 150 Å². The zero-order valence-corrected chi connectivity index (χ0v) is 41.2. The SMILES string of the molecule is CCOC(=O)c1cc(NC(=O)CN2c3ccccc3C(C)(C)C23C=Cc2cc(C)cc(OC)c2O3)c(C(=O)OCC)cc1NC(=O)CN1c2ccccc2C(C)(C)C12C=Cc1cc(C)cc(OC)c1O2. The van der Waals surface area contributed by atoms with Gasteiger partial charge in [0, 0.05) is 22.5 Å². The lowest BCUT2D eigenvalue weighted by molar-refractivity contribution is -0.116. The lowest BCUT2D eigenvalue weighted by Gasteiger charge is -2.47. The van der Waals surface area contributed by atoms with Crippen LogP contribution in [0.1, 0.15) is 95.6 Å². The first-order chi connectivity index (χ1) is 33.4. The molecule has 2 spiro atoms. The number of methoxy groups -OCH3 is 2. The number of carbonyl (C=O) groups is 4. The molecule has 2 amide bonds. The number of fused-ring (bicyclic) bond motifs is 4. The summed E-state index contributed by atoms with van der Waals surface area (Å²) < 4.78 is 36.7. The van der Waals surface area contributed by atoms with Crippen LogP contribution in [0.5, 0.6) is 23.0 Å². The largest absolute Gasteiger partial charge is 0.493 e. The van der Waals surface area contributed by atoms with Gasteiger partial charge in [0.25, 0.3) is 0 Å². The Morgan fingerprint density at radius 3 is 1.33 bits per heavy atom. The number of esters is 2. The van der Waals surface area contributed by atoms with Crippen LogP contribution in [0.15, 0.2) is 97.1 Å². The van der Waals surface area contributed by atoms with Crippen molar-refractivity contribution in [3.63, 3.8) is 0 Å². The number of aryl methyl sites for hydroxylation is 2. The molecule has 0 fully saturated rings. The Balaban J connectivity index is 1.06. The van der Waals surface area contributed by atoms with Crippen molar-refractivity contribution in [1.82, 2.24) is 0 Å². The Labute approximate surface area is 408 Å². The first-order valence-electron chi connectivity index (χ1n) is 23.4. The Kier molecular flexibility index (Phi) is 11.9. The minimum Gasteiger partial charge on any atom is -0.493 e. The van der Waals surface area contributed by atoms with Crippen molar-refractivity contribution in [2.45, 2.75) is 77.7 Å². The topological polar surface area (TPSA) is 154 Å². The molecule has 0 saturated heterocycles. The Morgan fingerprint density at radius 1 is 0.571 bits per heavy atom. The van der Waals surface area contributed by atoms with E-state index in [2.05, 4.69) is 38.3 Å². The van der Waals surface area contributed by atoms with Gasteiger partial charge in [0.2, 0.25) is 23.3 Å². The smallest absolute Gasteiger partial charge is 0.340 e. The van der Waals surface area contributed by atoms with Crippen molar-refractivity contribution >= 4 is 58.7 Å². The third-order valence-corrected chi connectivity index (χ3v) is 14.0. The fraction of sp³-hybridized carbons (Fsp3) is 0.321. The second-order valence-electron chi connectivity index (χ2n) is 19.0. The van der Waals surface area contributed by atoms with Crippen molar-refractivity contribution in [2.24, 2.45) is 0 Å². The van der Waals surface area contributed by atoms with E-state index in [9.17, 15) is 19.2 Å². The number of benzene rings is 5. The highest BCUT2D eigenvalue weighted by Gasteiger charge is 2.61. The molecule has 14 nitrogen and oxygen atoms in total. The van der Waals surface area contributed by atoms with Crippen LogP contribution in [0.4, 0.5) is 22.7 Å². The maximum absolute atomic E-state index is 14.6. The molecular formula is C56H58N4O10. The van der Waals surface area contributed by atoms with Crippen LogP contribution in [0.3, 0.4) is 0 Å². The molecular weight excluding hydrogens is 889 g/mol. The van der Waals surface area contributed by atoms with E-state index in [-0.39, 0.29) is 48.8 Å². The minimum atomic E-state index is -1.20. The van der Waals surface area contributed by atoms with Gasteiger partial charge in [-0.1, -0.05) is 36.4 Å². The summed E-state index contributed by atoms with van der Waals surface area (Å²) in [5.41, 5.74) is 3.11. The van der Waals surface area contributed by atoms with Gasteiger partial charge in [0.05, 0.1) is 60.8 Å². The van der Waals surface area contributed by atoms with Gasteiger partial charge in [-0.3, -0.25) is 9.59 Å². The van der Waals surface area contributed by atoms with Gasteiger partial charge in [0.1, 0.15) is 13.1 Å². The van der Waals surface area contributed by atoms with Gasteiger partial charge < -0.3 is 48.9 Å². The molecule has 2 N–H and O–H groups in total. The van der Waals surface area contributed by atoms with Crippen LogP contribution >= 0.6 is 0 Å². The number of amides is 2. The summed E-state index contributed by atoms with van der Waals surface area (Å²) in [6, 6.07) is 26.1. The van der Waals surface area contributed by atoms with Crippen LogP contribution in [-0.2, 0) is 29.9 Å². The Morgan fingerprint density at radius 2 is 0.957 bits per heavy atom. The molecule has 362 valence electrons. The van der Waals surface area contributed by atoms with Crippen molar-refractivity contribution in [1.29, 1.82) is 0 Å². The Bertz CT molecular complexity index is 2840. The van der Waals surface area contributed by atoms with Gasteiger partial charge in [-0.2, -0.15) is 0 Å². The van der Waals surface area contributed by atoms with E-state index in [1.165, 1.54) is 12.1 Å². The summed E-state index contributed by atoms with van der Waals surface area (Å²) >= 11 is 0. The highest BCUT2D eigenvalue weighted by molar-refractivity contribution is 6.09. The number of hydrogen-bond acceptors (Lipinski definition) is 12. The maximum Gasteiger partial charge on any atom is 0.340 e. The summed E-state index contributed by atoms with van der Waals surface area (Å²) in [6.45, 7) is 15.1. The average molecular weight is 947 g/mol. The van der Waals surface area contributed by atoms with Gasteiger partial charge in [-0.25, -0.2) is 9.59 Å². The summed E-state index contributed by atoms with van der Waals surface area (Å²) in [4.78, 5) is 60.8. The lowest BCUT2D eigenvalue weighted by atomic mass is 9.76. The average Bonchev–Trinajstić information content (AvgIpc) is 3.61. The zero-order valence-electron chi connectivity index (χ0n) is 41.2. The molecule has 70 heavy (non-hydrogen) atoms. The molecule has 5 aromatic rings. The highest BCUT2D eigenvalue weighted by atomic mass is 16.6. The normalized spacial score (nSPS) is 19.3. The van der Waals surface area contributed by atoms with Crippen LogP contribution in [0.25, 0.3) is 12.2 Å². The van der Waals surface area contributed by atoms with Crippen molar-refractivity contribution in [3.05, 3.63) is 142 Å². The third-order valence-electron chi connectivity index (χ3n) is 14.0. The standard InChI is InChI=1S/C56H58N4O10/c1-11-67-51(63)37-29-42(58-48(62)32-60-44-20-16-14-18-40(44)54(7,8)56(60)24-22-36-26-34(4)28-46(66-10)50(36)70-56)38(52(64)68-12-2)30-41(37)57-47(61)31-59-43-19-15-13-17-39(43)53(5,6)55(59)23-21-35-25-33(3)27-45(65-9)49(35)69-55/h13-30H,11-12,31-32H2,1-10H3,(H,57,61)(H,58,62). The summed E-state index contributed by atoms with van der Waals surface area (Å²) in [7, 11) is 3.19. The van der Waals surface area contributed by atoms with E-state index in [1.54, 1.807) is 28.1 Å². The second-order valence-corrected chi connectivity index (χ2v) is 19.0. The second kappa shape index (κ2) is 17.7. The lowest BCUT2D eigenvalue weighted by Crippen LogP contribution is -2.61. The number of rotatable bonds is 12. The van der Waals surface area contributed by atoms with E-state index in [0.29, 0.717) is 23.0 Å². The fourth-order valence-electron chi connectivity index (χ4n) is 10.6. The zero-order chi connectivity index (χ0) is 49.9. The van der Waals surface area contributed by atoms with Gasteiger partial charge in [-0.15, -0.1) is 0 Å². The molecule has 4 aliphatic rings. The molecule has 0 radical (unpaired) electrons. The number of carbonyl (C=O) groups excluding carboxylic acids is 4. The van der Waals surface area contributed by atoms with E-state index in [0.717, 1.165) is 44.8 Å². The van der Waals surface area contributed by atoms with Crippen LogP contribution in [0.2, 0.25) is 0 Å². The van der Waals surface area contributed by atoms with E-state index in [4.69, 9.17) is 28.4 Å². The Hall–Kier alpha value is -7.74. The molecule has 0 bridgehead atoms. The van der Waals surface area contributed by atoms with Crippen LogP contribution in [-0.4, -0.2) is 75.7 Å². The number of hydrogen-bond donors (Lipinski definition) is 2. The van der Waals surface area contributed by atoms with Gasteiger partial charge in [0.15, 0.2) is 23.0 Å². The first kappa shape index (κ1) is 47.3. The molecule has 4 heterocycles. The van der Waals surface area contributed by atoms with Crippen LogP contribution < -0.4 is 39.4 Å². The third kappa shape index (κ3) is 7.47. The number of anilines is 4. The number of ether oxygens (including phenoxy) is 6. The molecule has 2 atom stereocenters. The molecule has 9 rings (SSSR count). The number of para-hydroxylation sites is 2. The number of nitrogens with zero attached hydrogens (tertiary/aromatic N) is 2. The molecule has 0 aromatic heterocycles. The molecule has 4 aliphatic heterocycles. The predicted octanol–water partition coefficient (Wildman–Crippen LogP) is 9.75. The number of nitrogens with one attached hydrogen (secondary N) is 2. The van der Waals surface area contributed by atoms with Crippen molar-refractivity contribution in [2.75, 3.05) is 61.0 Å². The van der Waals surface area contributed by atoms with E-state index in [1.807, 2.05) is 121 Å². The predicted molar refractivity (Wildman–Crippen MR) is 269 cm³/mol. The fourth-order valence-corrected chi connectivity index (χ4v) is 10.6. The quantitative estimate of drug-likeness (QED) is 0.115. The maximum atomic E-state index is 14.6. The minimum absolute atomic E-state index is 0.0110. The molecule has 2 unspecified atom stereocenters. The molecule has 0 aliphatic carbocycles. The molecule has 0 saturated carbocycles. The van der Waals surface area contributed by atoms with Gasteiger partial charge >= 0.3 is 11.9 Å². The molecule has 5 aromatic carbocycles. The summed E-state index contributed by atoms with van der Waals surface area (Å²) in [6.07, 6.45) is 7.92. The van der Waals surface area contributed by atoms with Crippen molar-refractivity contribution in [3.8, 4) is 23.0 Å². The van der Waals surface area contributed by atoms with Crippen LogP contribution in [0, 0.1) is 13.8 Å². The monoisotopic (exact) mass is 946 g/mol. The van der Waals surface area contributed by atoms with E-state index >= 15 is 0 Å². The first-order valence-corrected chi connectivity index (χ1v) is 23.4. The molecule has 14 heteroatoms. The highest BCUT2D eigenvalue weighted by Crippen LogP contribution is 2.58. The summed E-state index contributed by atoms with van der Waals surface area (Å²) in [5.74, 6) is -0.441. The van der Waals surface area contributed by atoms with Crippen molar-refractivity contribution < 1.29 is 47.6 Å².